The minimum atomic E-state index is -0.743. The largest absolute Gasteiger partial charge is 0.481 e. The third kappa shape index (κ3) is 1.82. The van der Waals surface area contributed by atoms with Crippen molar-refractivity contribution >= 4 is 11.9 Å². The monoisotopic (exact) mass is 251 g/mol. The Labute approximate surface area is 107 Å². The predicted molar refractivity (Wildman–Crippen MR) is 65.8 cm³/mol. The molecule has 1 N–H and O–H groups in total. The molecule has 3 rings (SSSR count). The Morgan fingerprint density at radius 1 is 1.17 bits per heavy atom. The Morgan fingerprint density at radius 2 is 1.72 bits per heavy atom. The minimum absolute atomic E-state index is 0.159. The molecule has 4 heteroatoms. The summed E-state index contributed by atoms with van der Waals surface area (Å²) in [5, 5.41) is 8.93. The van der Waals surface area contributed by atoms with Crippen LogP contribution in [0.4, 0.5) is 0 Å². The first-order valence-electron chi connectivity index (χ1n) is 7.11. The van der Waals surface area contributed by atoms with E-state index in [0.29, 0.717) is 30.8 Å². The number of carbonyl (C=O) groups excluding carboxylic acids is 1. The first-order chi connectivity index (χ1) is 8.59. The van der Waals surface area contributed by atoms with Crippen molar-refractivity contribution in [3.63, 3.8) is 0 Å². The van der Waals surface area contributed by atoms with E-state index in [1.54, 1.807) is 6.92 Å². The van der Waals surface area contributed by atoms with Gasteiger partial charge < -0.3 is 10.0 Å². The van der Waals surface area contributed by atoms with Crippen LogP contribution in [0.25, 0.3) is 0 Å². The van der Waals surface area contributed by atoms with E-state index in [4.69, 9.17) is 5.11 Å². The predicted octanol–water partition coefficient (Wildman–Crippen LogP) is 1.60. The molecule has 2 aliphatic carbocycles. The normalized spacial score (nSPS) is 36.5. The number of fused-ring (bicyclic) bond motifs is 1. The van der Waals surface area contributed by atoms with Gasteiger partial charge in [-0.1, -0.05) is 19.8 Å². The first kappa shape index (κ1) is 12.0. The molecule has 3 atom stereocenters. The fraction of sp³-hybridized carbons (Fsp3) is 0.857. The quantitative estimate of drug-likeness (QED) is 0.829. The summed E-state index contributed by atoms with van der Waals surface area (Å²) in [6, 6.07) is 0. The van der Waals surface area contributed by atoms with Crippen LogP contribution >= 0.6 is 0 Å². The highest BCUT2D eigenvalue weighted by Gasteiger charge is 2.57. The molecule has 18 heavy (non-hydrogen) atoms. The van der Waals surface area contributed by atoms with Crippen LogP contribution in [0.5, 0.6) is 0 Å². The number of hydrogen-bond acceptors (Lipinski definition) is 2. The molecule has 0 aromatic rings. The minimum Gasteiger partial charge on any atom is -0.481 e. The number of aliphatic carboxylic acids is 1. The van der Waals surface area contributed by atoms with Crippen molar-refractivity contribution in [1.29, 1.82) is 0 Å². The molecular weight excluding hydrogens is 230 g/mol. The van der Waals surface area contributed by atoms with Crippen molar-refractivity contribution in [1.82, 2.24) is 4.90 Å². The van der Waals surface area contributed by atoms with Gasteiger partial charge in [0.1, 0.15) is 0 Å². The van der Waals surface area contributed by atoms with E-state index in [9.17, 15) is 9.59 Å². The van der Waals surface area contributed by atoms with Crippen molar-refractivity contribution in [2.24, 2.45) is 29.6 Å². The first-order valence-corrected chi connectivity index (χ1v) is 7.11. The average molecular weight is 251 g/mol. The number of hydrogen-bond donors (Lipinski definition) is 1. The average Bonchev–Trinajstić information content (AvgIpc) is 3.00. The van der Waals surface area contributed by atoms with Crippen LogP contribution in [0.2, 0.25) is 0 Å². The topological polar surface area (TPSA) is 57.6 Å². The molecule has 0 aromatic heterocycles. The third-order valence-electron chi connectivity index (χ3n) is 5.26. The summed E-state index contributed by atoms with van der Waals surface area (Å²) in [5.41, 5.74) is 0. The molecule has 4 nitrogen and oxygen atoms in total. The van der Waals surface area contributed by atoms with Gasteiger partial charge in [0.25, 0.3) is 0 Å². The van der Waals surface area contributed by atoms with Gasteiger partial charge >= 0.3 is 5.97 Å². The van der Waals surface area contributed by atoms with E-state index < -0.39 is 5.97 Å². The fourth-order valence-electron chi connectivity index (χ4n) is 3.78. The highest BCUT2D eigenvalue weighted by Crippen LogP contribution is 2.56. The number of nitrogens with zero attached hydrogens (tertiary/aromatic N) is 1. The Bertz CT molecular complexity index is 363. The summed E-state index contributed by atoms with van der Waals surface area (Å²) in [6.45, 7) is 3.05. The Morgan fingerprint density at radius 3 is 2.22 bits per heavy atom. The maximum absolute atomic E-state index is 12.3. The summed E-state index contributed by atoms with van der Waals surface area (Å²) < 4.78 is 0. The van der Waals surface area contributed by atoms with Crippen LogP contribution in [0, 0.1) is 29.6 Å². The smallest absolute Gasteiger partial charge is 0.306 e. The molecule has 3 aliphatic rings. The molecular formula is C14H21NO3. The van der Waals surface area contributed by atoms with Gasteiger partial charge in [-0.05, 0) is 24.7 Å². The van der Waals surface area contributed by atoms with E-state index in [1.807, 2.05) is 4.90 Å². The van der Waals surface area contributed by atoms with Crippen LogP contribution in [0.1, 0.15) is 32.6 Å². The SMILES string of the molecule is CC(C(=O)O)C1CN(C(=O)C2C3CCCCC32)C1. The zero-order chi connectivity index (χ0) is 12.9. The molecule has 1 heterocycles. The van der Waals surface area contributed by atoms with Gasteiger partial charge in [-0.2, -0.15) is 0 Å². The second-order valence-electron chi connectivity index (χ2n) is 6.27. The molecule has 100 valence electrons. The molecule has 0 aromatic carbocycles. The van der Waals surface area contributed by atoms with E-state index in [0.717, 1.165) is 0 Å². The number of likely N-dealkylation sites (tertiary alicyclic amines) is 1. The zero-order valence-corrected chi connectivity index (χ0v) is 10.8. The van der Waals surface area contributed by atoms with Crippen LogP contribution in [-0.2, 0) is 9.59 Å². The van der Waals surface area contributed by atoms with Crippen molar-refractivity contribution in [3.8, 4) is 0 Å². The summed E-state index contributed by atoms with van der Waals surface area (Å²) >= 11 is 0. The van der Waals surface area contributed by atoms with Gasteiger partial charge in [0.15, 0.2) is 0 Å². The lowest BCUT2D eigenvalue weighted by Gasteiger charge is -2.41. The van der Waals surface area contributed by atoms with E-state index in [2.05, 4.69) is 0 Å². The lowest BCUT2D eigenvalue weighted by molar-refractivity contribution is -0.151. The number of carbonyl (C=O) groups is 2. The second kappa shape index (κ2) is 4.25. The van der Waals surface area contributed by atoms with Crippen molar-refractivity contribution in [2.75, 3.05) is 13.1 Å². The number of rotatable bonds is 3. The molecule has 1 amide bonds. The van der Waals surface area contributed by atoms with Gasteiger partial charge in [0.05, 0.1) is 5.92 Å². The maximum Gasteiger partial charge on any atom is 0.306 e. The second-order valence-corrected chi connectivity index (χ2v) is 6.27. The van der Waals surface area contributed by atoms with Gasteiger partial charge in [-0.25, -0.2) is 0 Å². The third-order valence-corrected chi connectivity index (χ3v) is 5.26. The van der Waals surface area contributed by atoms with Crippen molar-refractivity contribution in [2.45, 2.75) is 32.6 Å². The van der Waals surface area contributed by atoms with Gasteiger partial charge in [0.2, 0.25) is 5.91 Å². The molecule has 0 radical (unpaired) electrons. The van der Waals surface area contributed by atoms with E-state index in [-0.39, 0.29) is 17.8 Å². The molecule has 1 aliphatic heterocycles. The Balaban J connectivity index is 1.50. The highest BCUT2D eigenvalue weighted by molar-refractivity contribution is 5.83. The van der Waals surface area contributed by atoms with Gasteiger partial charge in [-0.15, -0.1) is 0 Å². The van der Waals surface area contributed by atoms with Crippen LogP contribution in [0.15, 0.2) is 0 Å². The molecule has 3 fully saturated rings. The molecule has 0 spiro atoms. The number of amides is 1. The van der Waals surface area contributed by atoms with Crippen LogP contribution < -0.4 is 0 Å². The molecule has 1 saturated heterocycles. The number of carboxylic acids is 1. The molecule has 0 bridgehead atoms. The Kier molecular flexibility index (Phi) is 2.83. The summed E-state index contributed by atoms with van der Waals surface area (Å²) in [7, 11) is 0. The lowest BCUT2D eigenvalue weighted by atomic mass is 9.86. The standard InChI is InChI=1S/C14H21NO3/c1-8(14(17)18)9-6-15(7-9)13(16)12-10-4-2-3-5-11(10)12/h8-12H,2-7H2,1H3,(H,17,18). The van der Waals surface area contributed by atoms with Crippen LogP contribution in [0.3, 0.4) is 0 Å². The number of carboxylic acid groups (broad SMARTS) is 1. The summed E-state index contributed by atoms with van der Waals surface area (Å²) in [4.78, 5) is 25.0. The van der Waals surface area contributed by atoms with Crippen LogP contribution in [-0.4, -0.2) is 35.0 Å². The summed E-state index contributed by atoms with van der Waals surface area (Å²) in [6.07, 6.45) is 5.01. The van der Waals surface area contributed by atoms with Gasteiger partial charge in [0, 0.05) is 24.9 Å². The van der Waals surface area contributed by atoms with E-state index >= 15 is 0 Å². The zero-order valence-electron chi connectivity index (χ0n) is 10.8. The lowest BCUT2D eigenvalue weighted by Crippen LogP contribution is -2.54. The van der Waals surface area contributed by atoms with E-state index in [1.165, 1.54) is 25.7 Å². The van der Waals surface area contributed by atoms with Gasteiger partial charge in [-0.3, -0.25) is 9.59 Å². The summed E-state index contributed by atoms with van der Waals surface area (Å²) in [5.74, 6) is 0.994. The Hall–Kier alpha value is -1.06. The maximum atomic E-state index is 12.3. The molecule has 2 saturated carbocycles. The van der Waals surface area contributed by atoms with Crippen molar-refractivity contribution in [3.05, 3.63) is 0 Å². The highest BCUT2D eigenvalue weighted by atomic mass is 16.4. The fourth-order valence-corrected chi connectivity index (χ4v) is 3.78. The molecule has 3 unspecified atom stereocenters. The van der Waals surface area contributed by atoms with Crippen molar-refractivity contribution < 1.29 is 14.7 Å².